The summed E-state index contributed by atoms with van der Waals surface area (Å²) < 4.78 is 4.94. The third kappa shape index (κ3) is 2.24. The van der Waals surface area contributed by atoms with Crippen molar-refractivity contribution < 1.29 is 9.21 Å². The first-order valence-corrected chi connectivity index (χ1v) is 5.90. The first-order valence-electron chi connectivity index (χ1n) is 5.52. The van der Waals surface area contributed by atoms with Crippen LogP contribution in [0.3, 0.4) is 0 Å². The van der Waals surface area contributed by atoms with E-state index >= 15 is 0 Å². The monoisotopic (exact) mass is 241 g/mol. The highest BCUT2D eigenvalue weighted by atomic mass is 35.5. The topological polar surface area (TPSA) is 33.5 Å². The van der Waals surface area contributed by atoms with Gasteiger partial charge in [-0.25, -0.2) is 0 Å². The number of furan rings is 1. The summed E-state index contributed by atoms with van der Waals surface area (Å²) in [5.41, 5.74) is 0.818. The normalized spacial score (nSPS) is 19.8. The SMILES string of the molecule is CC1(C)CCN(C(=O)c2ccoc2Cl)CC1. The second kappa shape index (κ2) is 4.13. The van der Waals surface area contributed by atoms with E-state index in [0.717, 1.165) is 25.9 Å². The minimum Gasteiger partial charge on any atom is -0.452 e. The van der Waals surface area contributed by atoms with E-state index in [4.69, 9.17) is 16.0 Å². The van der Waals surface area contributed by atoms with Crippen LogP contribution in [0.15, 0.2) is 16.7 Å². The summed E-state index contributed by atoms with van der Waals surface area (Å²) in [6.45, 7) is 6.07. The molecule has 0 radical (unpaired) electrons. The second-order valence-electron chi connectivity index (χ2n) is 5.06. The van der Waals surface area contributed by atoms with Crippen LogP contribution in [0.1, 0.15) is 37.0 Å². The Morgan fingerprint density at radius 1 is 1.44 bits per heavy atom. The number of halogens is 1. The first-order chi connectivity index (χ1) is 7.49. The number of hydrogen-bond acceptors (Lipinski definition) is 2. The molecule has 1 amide bonds. The Morgan fingerprint density at radius 3 is 2.56 bits per heavy atom. The number of piperidine rings is 1. The van der Waals surface area contributed by atoms with Gasteiger partial charge >= 0.3 is 0 Å². The van der Waals surface area contributed by atoms with E-state index in [1.54, 1.807) is 6.07 Å². The summed E-state index contributed by atoms with van der Waals surface area (Å²) in [7, 11) is 0. The lowest BCUT2D eigenvalue weighted by Crippen LogP contribution is -2.41. The van der Waals surface area contributed by atoms with Gasteiger partial charge in [0.05, 0.1) is 11.8 Å². The van der Waals surface area contributed by atoms with E-state index in [-0.39, 0.29) is 11.1 Å². The Kier molecular flexibility index (Phi) is 2.98. The van der Waals surface area contributed by atoms with Gasteiger partial charge in [0.25, 0.3) is 5.91 Å². The highest BCUT2D eigenvalue weighted by Gasteiger charge is 2.29. The smallest absolute Gasteiger partial charge is 0.258 e. The molecule has 1 fully saturated rings. The molecule has 16 heavy (non-hydrogen) atoms. The van der Waals surface area contributed by atoms with Gasteiger partial charge in [0, 0.05) is 13.1 Å². The van der Waals surface area contributed by atoms with Gasteiger partial charge in [0.15, 0.2) is 0 Å². The summed E-state index contributed by atoms with van der Waals surface area (Å²) in [5.74, 6) is -0.0192. The summed E-state index contributed by atoms with van der Waals surface area (Å²) in [6.07, 6.45) is 3.52. The number of likely N-dealkylation sites (tertiary alicyclic amines) is 1. The van der Waals surface area contributed by atoms with Crippen molar-refractivity contribution in [1.29, 1.82) is 0 Å². The Morgan fingerprint density at radius 2 is 2.06 bits per heavy atom. The Balaban J connectivity index is 2.05. The Hall–Kier alpha value is -0.960. The molecule has 0 saturated carbocycles. The zero-order valence-corrected chi connectivity index (χ0v) is 10.4. The van der Waals surface area contributed by atoms with Crippen molar-refractivity contribution in [3.63, 3.8) is 0 Å². The molecule has 0 bridgehead atoms. The van der Waals surface area contributed by atoms with Gasteiger partial charge in [-0.15, -0.1) is 0 Å². The quantitative estimate of drug-likeness (QED) is 0.757. The Labute approximate surface area is 100 Å². The van der Waals surface area contributed by atoms with Crippen molar-refractivity contribution >= 4 is 17.5 Å². The van der Waals surface area contributed by atoms with Crippen molar-refractivity contribution in [3.8, 4) is 0 Å². The molecule has 1 aromatic heterocycles. The molecule has 1 saturated heterocycles. The predicted octanol–water partition coefficient (Wildman–Crippen LogP) is 3.20. The van der Waals surface area contributed by atoms with Crippen LogP contribution in [-0.2, 0) is 0 Å². The molecule has 0 aliphatic carbocycles. The fourth-order valence-corrected chi connectivity index (χ4v) is 2.13. The molecule has 0 unspecified atom stereocenters. The molecule has 0 N–H and O–H groups in total. The lowest BCUT2D eigenvalue weighted by atomic mass is 9.82. The molecular weight excluding hydrogens is 226 g/mol. The van der Waals surface area contributed by atoms with Crippen LogP contribution in [0.25, 0.3) is 0 Å². The van der Waals surface area contributed by atoms with Crippen LogP contribution in [0.5, 0.6) is 0 Å². The predicted molar refractivity (Wildman–Crippen MR) is 62.6 cm³/mol. The largest absolute Gasteiger partial charge is 0.452 e. The molecule has 2 heterocycles. The number of hydrogen-bond donors (Lipinski definition) is 0. The van der Waals surface area contributed by atoms with Gasteiger partial charge in [-0.2, -0.15) is 0 Å². The van der Waals surface area contributed by atoms with Crippen LogP contribution >= 0.6 is 11.6 Å². The summed E-state index contributed by atoms with van der Waals surface area (Å²) in [5, 5.41) is 0.190. The fourth-order valence-electron chi connectivity index (χ4n) is 1.93. The zero-order chi connectivity index (χ0) is 11.8. The number of carbonyl (C=O) groups is 1. The van der Waals surface area contributed by atoms with Gasteiger partial charge in [-0.3, -0.25) is 4.79 Å². The number of amides is 1. The van der Waals surface area contributed by atoms with E-state index in [9.17, 15) is 4.79 Å². The van der Waals surface area contributed by atoms with Crippen molar-refractivity contribution in [3.05, 3.63) is 23.1 Å². The maximum Gasteiger partial charge on any atom is 0.258 e. The molecule has 1 aliphatic heterocycles. The van der Waals surface area contributed by atoms with E-state index < -0.39 is 0 Å². The van der Waals surface area contributed by atoms with E-state index in [1.807, 2.05) is 4.90 Å². The molecule has 3 nitrogen and oxygen atoms in total. The van der Waals surface area contributed by atoms with E-state index in [2.05, 4.69) is 13.8 Å². The lowest BCUT2D eigenvalue weighted by molar-refractivity contribution is 0.0630. The highest BCUT2D eigenvalue weighted by molar-refractivity contribution is 6.32. The van der Waals surface area contributed by atoms with Crippen LogP contribution in [0, 0.1) is 5.41 Å². The third-order valence-electron chi connectivity index (χ3n) is 3.25. The third-order valence-corrected chi connectivity index (χ3v) is 3.55. The van der Waals surface area contributed by atoms with Gasteiger partial charge in [0.1, 0.15) is 0 Å². The molecule has 1 aromatic rings. The van der Waals surface area contributed by atoms with Gasteiger partial charge in [-0.1, -0.05) is 13.8 Å². The summed E-state index contributed by atoms with van der Waals surface area (Å²) in [4.78, 5) is 13.9. The lowest BCUT2D eigenvalue weighted by Gasteiger charge is -2.36. The van der Waals surface area contributed by atoms with Crippen molar-refractivity contribution in [2.45, 2.75) is 26.7 Å². The standard InChI is InChI=1S/C12H16ClNO2/c1-12(2)4-6-14(7-5-12)11(15)9-3-8-16-10(9)13/h3,8H,4-7H2,1-2H3. The average Bonchev–Trinajstić information content (AvgIpc) is 2.63. The average molecular weight is 242 g/mol. The molecule has 0 atom stereocenters. The van der Waals surface area contributed by atoms with Gasteiger partial charge in [-0.05, 0) is 35.9 Å². The van der Waals surface area contributed by atoms with E-state index in [1.165, 1.54) is 6.26 Å². The number of nitrogens with zero attached hydrogens (tertiary/aromatic N) is 1. The summed E-state index contributed by atoms with van der Waals surface area (Å²) >= 11 is 5.80. The van der Waals surface area contributed by atoms with Gasteiger partial charge < -0.3 is 9.32 Å². The van der Waals surface area contributed by atoms with Crippen molar-refractivity contribution in [2.24, 2.45) is 5.41 Å². The van der Waals surface area contributed by atoms with E-state index in [0.29, 0.717) is 11.0 Å². The van der Waals surface area contributed by atoms with Gasteiger partial charge in [0.2, 0.25) is 5.22 Å². The van der Waals surface area contributed by atoms with Crippen LogP contribution in [0.2, 0.25) is 5.22 Å². The van der Waals surface area contributed by atoms with Crippen molar-refractivity contribution in [1.82, 2.24) is 4.90 Å². The fraction of sp³-hybridized carbons (Fsp3) is 0.583. The van der Waals surface area contributed by atoms with Crippen LogP contribution < -0.4 is 0 Å². The van der Waals surface area contributed by atoms with Crippen LogP contribution in [-0.4, -0.2) is 23.9 Å². The number of rotatable bonds is 1. The molecular formula is C12H16ClNO2. The zero-order valence-electron chi connectivity index (χ0n) is 9.62. The molecule has 88 valence electrons. The molecule has 0 aromatic carbocycles. The van der Waals surface area contributed by atoms with Crippen LogP contribution in [0.4, 0.5) is 0 Å². The maximum atomic E-state index is 12.1. The van der Waals surface area contributed by atoms with Crippen molar-refractivity contribution in [2.75, 3.05) is 13.1 Å². The summed E-state index contributed by atoms with van der Waals surface area (Å²) in [6, 6.07) is 1.63. The molecule has 0 spiro atoms. The first kappa shape index (κ1) is 11.5. The minimum atomic E-state index is -0.0192. The molecule has 4 heteroatoms. The molecule has 2 rings (SSSR count). The maximum absolute atomic E-state index is 12.1. The number of carbonyl (C=O) groups excluding carboxylic acids is 1. The molecule has 1 aliphatic rings. The Bertz CT molecular complexity index is 387. The minimum absolute atomic E-state index is 0.0192. The second-order valence-corrected chi connectivity index (χ2v) is 5.41. The highest BCUT2D eigenvalue weighted by Crippen LogP contribution is 2.31.